The first-order valence-corrected chi connectivity index (χ1v) is 7.65. The molecule has 21 heavy (non-hydrogen) atoms. The lowest BCUT2D eigenvalue weighted by molar-refractivity contribution is -0.125. The van der Waals surface area contributed by atoms with E-state index in [1.807, 2.05) is 38.1 Å². The molecule has 0 aliphatic heterocycles. The van der Waals surface area contributed by atoms with E-state index in [0.29, 0.717) is 0 Å². The second-order valence-corrected chi connectivity index (χ2v) is 6.23. The van der Waals surface area contributed by atoms with Crippen LogP contribution < -0.4 is 10.6 Å². The molecule has 1 rings (SSSR count). The van der Waals surface area contributed by atoms with Crippen LogP contribution in [0.2, 0.25) is 0 Å². The molecule has 0 spiro atoms. The van der Waals surface area contributed by atoms with Crippen LogP contribution in [0.1, 0.15) is 20.8 Å². The number of nitrogens with one attached hydrogen (secondary N) is 2. The molecule has 2 amide bonds. The summed E-state index contributed by atoms with van der Waals surface area (Å²) in [7, 11) is 1.76. The number of hydrogen-bond acceptors (Lipinski definition) is 3. The Morgan fingerprint density at radius 1 is 1.19 bits per heavy atom. The summed E-state index contributed by atoms with van der Waals surface area (Å²) in [5, 5.41) is 5.64. The monoisotopic (exact) mass is 355 g/mol. The number of halogens is 1. The fourth-order valence-electron chi connectivity index (χ4n) is 1.71. The van der Waals surface area contributed by atoms with Crippen molar-refractivity contribution in [1.82, 2.24) is 10.2 Å². The third kappa shape index (κ3) is 6.27. The van der Waals surface area contributed by atoms with Crippen LogP contribution in [-0.2, 0) is 9.59 Å². The lowest BCUT2D eigenvalue weighted by Crippen LogP contribution is -2.45. The average molecular weight is 356 g/mol. The second kappa shape index (κ2) is 8.14. The van der Waals surface area contributed by atoms with E-state index in [-0.39, 0.29) is 24.4 Å². The van der Waals surface area contributed by atoms with Crippen molar-refractivity contribution in [3.8, 4) is 0 Å². The molecule has 0 bridgehead atoms. The Hall–Kier alpha value is -1.40. The van der Waals surface area contributed by atoms with Crippen molar-refractivity contribution in [3.63, 3.8) is 0 Å². The summed E-state index contributed by atoms with van der Waals surface area (Å²) in [6, 6.07) is 7.06. The van der Waals surface area contributed by atoms with Gasteiger partial charge in [-0.2, -0.15) is 0 Å². The van der Waals surface area contributed by atoms with Crippen LogP contribution in [0.3, 0.4) is 0 Å². The average Bonchev–Trinajstić information content (AvgIpc) is 2.39. The van der Waals surface area contributed by atoms with Gasteiger partial charge in [0, 0.05) is 16.2 Å². The standard InChI is InChI=1S/C15H22BrN3O2/c1-10(2)17-14(20)9-19(4)11(3)15(21)18-13-7-5-12(16)6-8-13/h5-8,10-11H,9H2,1-4H3,(H,17,20)(H,18,21)/t11-/m0/s1. The van der Waals surface area contributed by atoms with Gasteiger partial charge in [0.1, 0.15) is 0 Å². The molecule has 116 valence electrons. The molecule has 0 fully saturated rings. The lowest BCUT2D eigenvalue weighted by Gasteiger charge is -2.23. The van der Waals surface area contributed by atoms with Gasteiger partial charge in [0.25, 0.3) is 0 Å². The Morgan fingerprint density at radius 3 is 2.29 bits per heavy atom. The van der Waals surface area contributed by atoms with Crippen LogP contribution in [0.15, 0.2) is 28.7 Å². The third-order valence-electron chi connectivity index (χ3n) is 3.00. The highest BCUT2D eigenvalue weighted by Gasteiger charge is 2.20. The van der Waals surface area contributed by atoms with Gasteiger partial charge in [-0.3, -0.25) is 14.5 Å². The molecule has 0 saturated heterocycles. The quantitative estimate of drug-likeness (QED) is 0.822. The topological polar surface area (TPSA) is 61.4 Å². The zero-order chi connectivity index (χ0) is 16.0. The Balaban J connectivity index is 2.53. The molecular formula is C15H22BrN3O2. The first-order valence-electron chi connectivity index (χ1n) is 6.85. The van der Waals surface area contributed by atoms with E-state index in [1.54, 1.807) is 18.9 Å². The predicted octanol–water partition coefficient (Wildman–Crippen LogP) is 2.23. The van der Waals surface area contributed by atoms with E-state index < -0.39 is 6.04 Å². The Labute approximate surface area is 134 Å². The number of hydrogen-bond donors (Lipinski definition) is 2. The van der Waals surface area contributed by atoms with Gasteiger partial charge in [0.15, 0.2) is 0 Å². The zero-order valence-electron chi connectivity index (χ0n) is 12.8. The van der Waals surface area contributed by atoms with Crippen molar-refractivity contribution < 1.29 is 9.59 Å². The van der Waals surface area contributed by atoms with Crippen molar-refractivity contribution in [1.29, 1.82) is 0 Å². The van der Waals surface area contributed by atoms with E-state index in [0.717, 1.165) is 10.2 Å². The van der Waals surface area contributed by atoms with Crippen LogP contribution in [0.5, 0.6) is 0 Å². The van der Waals surface area contributed by atoms with Gasteiger partial charge < -0.3 is 10.6 Å². The molecular weight excluding hydrogens is 334 g/mol. The summed E-state index contributed by atoms with van der Waals surface area (Å²) < 4.78 is 0.955. The van der Waals surface area contributed by atoms with Gasteiger partial charge >= 0.3 is 0 Å². The molecule has 0 unspecified atom stereocenters. The minimum absolute atomic E-state index is 0.0872. The molecule has 1 aromatic rings. The SMILES string of the molecule is CC(C)NC(=O)CN(C)[C@@H](C)C(=O)Nc1ccc(Br)cc1. The van der Waals surface area contributed by atoms with E-state index in [4.69, 9.17) is 0 Å². The van der Waals surface area contributed by atoms with E-state index in [2.05, 4.69) is 26.6 Å². The highest BCUT2D eigenvalue weighted by atomic mass is 79.9. The number of nitrogens with zero attached hydrogens (tertiary/aromatic N) is 1. The normalized spacial score (nSPS) is 12.3. The second-order valence-electron chi connectivity index (χ2n) is 5.31. The van der Waals surface area contributed by atoms with Gasteiger partial charge in [-0.25, -0.2) is 0 Å². The third-order valence-corrected chi connectivity index (χ3v) is 3.52. The summed E-state index contributed by atoms with van der Waals surface area (Å²) in [5.41, 5.74) is 0.732. The fourth-order valence-corrected chi connectivity index (χ4v) is 1.98. The summed E-state index contributed by atoms with van der Waals surface area (Å²) >= 11 is 3.35. The maximum atomic E-state index is 12.1. The van der Waals surface area contributed by atoms with Crippen LogP contribution in [0.25, 0.3) is 0 Å². The first-order chi connectivity index (χ1) is 9.79. The minimum Gasteiger partial charge on any atom is -0.353 e. The minimum atomic E-state index is -0.397. The van der Waals surface area contributed by atoms with E-state index in [1.165, 1.54) is 0 Å². The van der Waals surface area contributed by atoms with Crippen LogP contribution in [0, 0.1) is 0 Å². The molecule has 0 aromatic heterocycles. The summed E-state index contributed by atoms with van der Waals surface area (Å²) in [6.45, 7) is 5.77. The summed E-state index contributed by atoms with van der Waals surface area (Å²) in [6.07, 6.45) is 0. The molecule has 0 aliphatic carbocycles. The van der Waals surface area contributed by atoms with Gasteiger partial charge in [0.05, 0.1) is 12.6 Å². The predicted molar refractivity (Wildman–Crippen MR) is 88.1 cm³/mol. The van der Waals surface area contributed by atoms with Crippen molar-refractivity contribution in [2.24, 2.45) is 0 Å². The maximum absolute atomic E-state index is 12.1. The number of carbonyl (C=O) groups excluding carboxylic acids is 2. The van der Waals surface area contributed by atoms with Crippen molar-refractivity contribution in [2.75, 3.05) is 18.9 Å². The highest BCUT2D eigenvalue weighted by Crippen LogP contribution is 2.14. The van der Waals surface area contributed by atoms with Crippen LogP contribution in [0.4, 0.5) is 5.69 Å². The number of carbonyl (C=O) groups is 2. The number of amides is 2. The number of rotatable bonds is 6. The molecule has 1 atom stereocenters. The molecule has 6 heteroatoms. The number of anilines is 1. The fraction of sp³-hybridized carbons (Fsp3) is 0.467. The molecule has 0 saturated carbocycles. The molecule has 2 N–H and O–H groups in total. The van der Waals surface area contributed by atoms with Gasteiger partial charge in [0.2, 0.25) is 11.8 Å². The van der Waals surface area contributed by atoms with E-state index in [9.17, 15) is 9.59 Å². The van der Waals surface area contributed by atoms with Crippen molar-refractivity contribution in [3.05, 3.63) is 28.7 Å². The van der Waals surface area contributed by atoms with Crippen molar-refractivity contribution >= 4 is 33.4 Å². The highest BCUT2D eigenvalue weighted by molar-refractivity contribution is 9.10. The molecule has 0 radical (unpaired) electrons. The largest absolute Gasteiger partial charge is 0.353 e. The molecule has 1 aromatic carbocycles. The van der Waals surface area contributed by atoms with Gasteiger partial charge in [-0.1, -0.05) is 15.9 Å². The number of likely N-dealkylation sites (N-methyl/N-ethyl adjacent to an activating group) is 1. The first kappa shape index (κ1) is 17.7. The Bertz CT molecular complexity index is 488. The van der Waals surface area contributed by atoms with Crippen molar-refractivity contribution in [2.45, 2.75) is 32.9 Å². The molecule has 0 aliphatic rings. The van der Waals surface area contributed by atoms with Gasteiger partial charge in [-0.15, -0.1) is 0 Å². The Morgan fingerprint density at radius 2 is 1.76 bits per heavy atom. The molecule has 0 heterocycles. The number of benzene rings is 1. The summed E-state index contributed by atoms with van der Waals surface area (Å²) in [4.78, 5) is 25.6. The van der Waals surface area contributed by atoms with Crippen LogP contribution in [-0.4, -0.2) is 42.4 Å². The van der Waals surface area contributed by atoms with Crippen LogP contribution >= 0.6 is 15.9 Å². The van der Waals surface area contributed by atoms with Gasteiger partial charge in [-0.05, 0) is 52.1 Å². The smallest absolute Gasteiger partial charge is 0.241 e. The maximum Gasteiger partial charge on any atom is 0.241 e. The zero-order valence-corrected chi connectivity index (χ0v) is 14.4. The molecule has 5 nitrogen and oxygen atoms in total. The summed E-state index contributed by atoms with van der Waals surface area (Å²) in [5.74, 6) is -0.229. The lowest BCUT2D eigenvalue weighted by atomic mass is 10.2. The Kier molecular flexibility index (Phi) is 6.84. The van der Waals surface area contributed by atoms with E-state index >= 15 is 0 Å².